The zero-order valence-electron chi connectivity index (χ0n) is 6.29. The van der Waals surface area contributed by atoms with E-state index >= 15 is 0 Å². The highest BCUT2D eigenvalue weighted by atomic mass is 31.0. The molecular formula is C9H15P. The van der Waals surface area contributed by atoms with E-state index in [1.165, 1.54) is 18.3 Å². The Labute approximate surface area is 65.0 Å². The molecule has 0 aromatic carbocycles. The first-order valence-electron chi connectivity index (χ1n) is 4.62. The van der Waals surface area contributed by atoms with E-state index in [1.54, 1.807) is 19.3 Å². The minimum Gasteiger partial charge on any atom is -0.134 e. The first-order chi connectivity index (χ1) is 4.86. The standard InChI is InChI=1S/C9H15P/c10-8-4-6-2-1-5-3-7(8)9(5)6/h5-9H,1-4,10H2. The van der Waals surface area contributed by atoms with Crippen LogP contribution in [0.1, 0.15) is 25.7 Å². The van der Waals surface area contributed by atoms with Gasteiger partial charge in [0.15, 0.2) is 0 Å². The summed E-state index contributed by atoms with van der Waals surface area (Å²) < 4.78 is 0. The van der Waals surface area contributed by atoms with Crippen LogP contribution in [0.15, 0.2) is 0 Å². The molecule has 0 amide bonds. The third-order valence-corrected chi connectivity index (χ3v) is 4.96. The Morgan fingerprint density at radius 3 is 2.40 bits per heavy atom. The molecule has 56 valence electrons. The molecule has 10 heavy (non-hydrogen) atoms. The zero-order valence-corrected chi connectivity index (χ0v) is 7.45. The molecule has 0 radical (unpaired) electrons. The second-order valence-electron chi connectivity index (χ2n) is 4.47. The lowest BCUT2D eigenvalue weighted by Gasteiger charge is -2.39. The minimum atomic E-state index is 1.01. The Morgan fingerprint density at radius 1 is 1.00 bits per heavy atom. The maximum absolute atomic E-state index is 3.06. The van der Waals surface area contributed by atoms with Crippen LogP contribution in [0.5, 0.6) is 0 Å². The van der Waals surface area contributed by atoms with E-state index in [4.69, 9.17) is 0 Å². The Morgan fingerprint density at radius 2 is 1.70 bits per heavy atom. The van der Waals surface area contributed by atoms with Crippen LogP contribution in [-0.2, 0) is 0 Å². The number of rotatable bonds is 0. The van der Waals surface area contributed by atoms with Crippen LogP contribution in [0, 0.1) is 23.7 Å². The predicted molar refractivity (Wildman–Crippen MR) is 45.9 cm³/mol. The molecule has 0 spiro atoms. The predicted octanol–water partition coefficient (Wildman–Crippen LogP) is 2.30. The van der Waals surface area contributed by atoms with Gasteiger partial charge in [0, 0.05) is 0 Å². The van der Waals surface area contributed by atoms with Crippen molar-refractivity contribution in [2.75, 3.05) is 0 Å². The van der Waals surface area contributed by atoms with Gasteiger partial charge >= 0.3 is 0 Å². The fraction of sp³-hybridized carbons (Fsp3) is 1.00. The topological polar surface area (TPSA) is 0 Å². The molecule has 3 saturated carbocycles. The Kier molecular flexibility index (Phi) is 1.07. The summed E-state index contributed by atoms with van der Waals surface area (Å²) >= 11 is 0. The maximum Gasteiger partial charge on any atom is -0.0230 e. The smallest absolute Gasteiger partial charge is 0.0230 e. The summed E-state index contributed by atoms with van der Waals surface area (Å²) in [5.41, 5.74) is 1.01. The molecule has 0 bridgehead atoms. The molecule has 0 saturated heterocycles. The van der Waals surface area contributed by atoms with Crippen LogP contribution in [0.3, 0.4) is 0 Å². The van der Waals surface area contributed by atoms with E-state index in [-0.39, 0.29) is 0 Å². The van der Waals surface area contributed by atoms with Gasteiger partial charge in [0.25, 0.3) is 0 Å². The van der Waals surface area contributed by atoms with Crippen LogP contribution < -0.4 is 0 Å². The minimum absolute atomic E-state index is 1.01. The second-order valence-corrected chi connectivity index (χ2v) is 5.33. The van der Waals surface area contributed by atoms with Gasteiger partial charge in [-0.25, -0.2) is 0 Å². The molecule has 0 nitrogen and oxygen atoms in total. The van der Waals surface area contributed by atoms with Gasteiger partial charge in [-0.05, 0) is 55.0 Å². The van der Waals surface area contributed by atoms with E-state index in [0.717, 1.165) is 17.5 Å². The first-order valence-corrected chi connectivity index (χ1v) is 5.28. The lowest BCUT2D eigenvalue weighted by molar-refractivity contribution is 0.119. The van der Waals surface area contributed by atoms with Crippen molar-refractivity contribution in [1.29, 1.82) is 0 Å². The van der Waals surface area contributed by atoms with E-state index in [1.807, 2.05) is 0 Å². The van der Waals surface area contributed by atoms with Crippen molar-refractivity contribution in [3.63, 3.8) is 0 Å². The van der Waals surface area contributed by atoms with Crippen LogP contribution in [0.2, 0.25) is 0 Å². The highest BCUT2D eigenvalue weighted by Gasteiger charge is 2.55. The van der Waals surface area contributed by atoms with Crippen LogP contribution in [-0.4, -0.2) is 5.66 Å². The van der Waals surface area contributed by atoms with Crippen molar-refractivity contribution < 1.29 is 0 Å². The summed E-state index contributed by atoms with van der Waals surface area (Å²) in [6, 6.07) is 0. The molecule has 3 aliphatic rings. The molecule has 1 heteroatoms. The van der Waals surface area contributed by atoms with Gasteiger partial charge in [-0.15, -0.1) is 9.24 Å². The largest absolute Gasteiger partial charge is 0.134 e. The summed E-state index contributed by atoms with van der Waals surface area (Å²) in [7, 11) is 3.06. The molecule has 3 fully saturated rings. The summed E-state index contributed by atoms with van der Waals surface area (Å²) in [6.45, 7) is 0. The molecule has 3 rings (SSSR count). The number of hydrogen-bond donors (Lipinski definition) is 0. The van der Waals surface area contributed by atoms with Crippen LogP contribution in [0.25, 0.3) is 0 Å². The lowest BCUT2D eigenvalue weighted by atomic mass is 9.68. The Hall–Kier alpha value is 0.430. The van der Waals surface area contributed by atoms with Crippen molar-refractivity contribution in [3.05, 3.63) is 0 Å². The van der Waals surface area contributed by atoms with Gasteiger partial charge in [-0.1, -0.05) is 0 Å². The molecule has 0 aromatic rings. The van der Waals surface area contributed by atoms with E-state index < -0.39 is 0 Å². The van der Waals surface area contributed by atoms with Gasteiger partial charge in [-0.2, -0.15) is 0 Å². The third kappa shape index (κ3) is 0.537. The van der Waals surface area contributed by atoms with Crippen molar-refractivity contribution in [1.82, 2.24) is 0 Å². The SMILES string of the molecule is PC1CC2CCC3CC1C23. The highest BCUT2D eigenvalue weighted by molar-refractivity contribution is 7.17. The van der Waals surface area contributed by atoms with E-state index in [9.17, 15) is 0 Å². The molecule has 0 heterocycles. The van der Waals surface area contributed by atoms with Gasteiger partial charge in [0.1, 0.15) is 0 Å². The Balaban J connectivity index is 1.92. The molecule has 0 aliphatic heterocycles. The highest BCUT2D eigenvalue weighted by Crippen LogP contribution is 2.63. The quantitative estimate of drug-likeness (QED) is 0.470. The van der Waals surface area contributed by atoms with Crippen molar-refractivity contribution in [2.24, 2.45) is 23.7 Å². The first kappa shape index (κ1) is 6.00. The summed E-state index contributed by atoms with van der Waals surface area (Å²) in [6.07, 6.45) is 6.26. The summed E-state index contributed by atoms with van der Waals surface area (Å²) in [5.74, 6) is 4.68. The normalized spacial score (nSPS) is 63.9. The monoisotopic (exact) mass is 154 g/mol. The zero-order chi connectivity index (χ0) is 6.72. The van der Waals surface area contributed by atoms with E-state index in [0.29, 0.717) is 0 Å². The van der Waals surface area contributed by atoms with Crippen molar-refractivity contribution in [2.45, 2.75) is 31.3 Å². The van der Waals surface area contributed by atoms with Crippen molar-refractivity contribution >= 4 is 9.24 Å². The Bertz CT molecular complexity index is 164. The average Bonchev–Trinajstić information content (AvgIpc) is 2.14. The molecular weight excluding hydrogens is 139 g/mol. The van der Waals surface area contributed by atoms with Crippen LogP contribution in [0.4, 0.5) is 0 Å². The molecule has 0 N–H and O–H groups in total. The molecule has 3 aliphatic carbocycles. The molecule has 0 aromatic heterocycles. The number of hydrogen-bond acceptors (Lipinski definition) is 0. The lowest BCUT2D eigenvalue weighted by Crippen LogP contribution is -2.34. The third-order valence-electron chi connectivity index (χ3n) is 4.19. The van der Waals surface area contributed by atoms with Gasteiger partial charge in [-0.3, -0.25) is 0 Å². The van der Waals surface area contributed by atoms with Gasteiger partial charge in [0.05, 0.1) is 0 Å². The molecule has 6 unspecified atom stereocenters. The van der Waals surface area contributed by atoms with Gasteiger partial charge in [0.2, 0.25) is 0 Å². The second kappa shape index (κ2) is 1.78. The van der Waals surface area contributed by atoms with Gasteiger partial charge < -0.3 is 0 Å². The fourth-order valence-corrected chi connectivity index (χ4v) is 4.51. The van der Waals surface area contributed by atoms with Crippen LogP contribution >= 0.6 is 9.24 Å². The summed E-state index contributed by atoms with van der Waals surface area (Å²) in [5, 5.41) is 0. The maximum atomic E-state index is 3.06. The fourth-order valence-electron chi connectivity index (χ4n) is 3.74. The molecule has 6 atom stereocenters. The van der Waals surface area contributed by atoms with Crippen molar-refractivity contribution in [3.8, 4) is 0 Å². The average molecular weight is 154 g/mol. The van der Waals surface area contributed by atoms with E-state index in [2.05, 4.69) is 9.24 Å². The summed E-state index contributed by atoms with van der Waals surface area (Å²) in [4.78, 5) is 0.